The minimum atomic E-state index is -0.240. The second kappa shape index (κ2) is 8.18. The lowest BCUT2D eigenvalue weighted by atomic mass is 9.80. The zero-order valence-corrected chi connectivity index (χ0v) is 15.4. The van der Waals surface area contributed by atoms with E-state index in [0.29, 0.717) is 17.1 Å². The van der Waals surface area contributed by atoms with Crippen molar-refractivity contribution in [2.75, 3.05) is 40.4 Å². The predicted molar refractivity (Wildman–Crippen MR) is 93.4 cm³/mol. The van der Waals surface area contributed by atoms with Crippen LogP contribution in [0.25, 0.3) is 0 Å². The van der Waals surface area contributed by atoms with Gasteiger partial charge in [0, 0.05) is 43.9 Å². The maximum Gasteiger partial charge on any atom is 0.163 e. The van der Waals surface area contributed by atoms with E-state index in [1.807, 2.05) is 0 Å². The summed E-state index contributed by atoms with van der Waals surface area (Å²) < 4.78 is 25.3. The maximum absolute atomic E-state index is 14.7. The fourth-order valence-electron chi connectivity index (χ4n) is 3.23. The predicted octanol–water partition coefficient (Wildman–Crippen LogP) is 3.26. The number of nitrogens with one attached hydrogen (secondary N) is 1. The number of hydrogen-bond acceptors (Lipinski definition) is 4. The van der Waals surface area contributed by atoms with E-state index >= 15 is 0 Å². The highest BCUT2D eigenvalue weighted by atomic mass is 35.5. The topological polar surface area (TPSA) is 33.7 Å². The van der Waals surface area contributed by atoms with E-state index in [-0.39, 0.29) is 29.7 Å². The molecule has 1 aromatic rings. The number of rotatable bonds is 4. The Labute approximate surface area is 144 Å². The summed E-state index contributed by atoms with van der Waals surface area (Å²) in [5, 5.41) is 3.35. The van der Waals surface area contributed by atoms with Crippen LogP contribution in [-0.4, -0.2) is 45.3 Å². The van der Waals surface area contributed by atoms with Gasteiger partial charge < -0.3 is 14.8 Å². The van der Waals surface area contributed by atoms with Crippen molar-refractivity contribution < 1.29 is 13.9 Å². The number of hydrogen-bond donors (Lipinski definition) is 1. The quantitative estimate of drug-likeness (QED) is 0.907. The molecule has 2 rings (SSSR count). The Balaban J connectivity index is 0.00000264. The van der Waals surface area contributed by atoms with Gasteiger partial charge in [-0.15, -0.1) is 12.4 Å². The average Bonchev–Trinajstić information content (AvgIpc) is 2.48. The summed E-state index contributed by atoms with van der Waals surface area (Å²) in [4.78, 5) is 2.35. The number of benzene rings is 1. The van der Waals surface area contributed by atoms with Crippen molar-refractivity contribution in [1.82, 2.24) is 10.2 Å². The standard InChI is InChI=1S/C17H27FN2O2.ClH/c1-17(2,3)16(20-8-6-19-7-9-20)12-10-14(21-4)15(22-5)11-13(12)18;/h10-11,16,19H,6-9H2,1-5H3;1H/t16-;/m1./s1. The van der Waals surface area contributed by atoms with Crippen LogP contribution in [0.15, 0.2) is 12.1 Å². The first kappa shape index (κ1) is 20.0. The van der Waals surface area contributed by atoms with Crippen LogP contribution in [0.1, 0.15) is 32.4 Å². The fourth-order valence-corrected chi connectivity index (χ4v) is 3.23. The van der Waals surface area contributed by atoms with Gasteiger partial charge in [0.1, 0.15) is 5.82 Å². The van der Waals surface area contributed by atoms with Crippen LogP contribution in [0.4, 0.5) is 4.39 Å². The average molecular weight is 347 g/mol. The monoisotopic (exact) mass is 346 g/mol. The molecule has 1 aliphatic rings. The molecule has 1 heterocycles. The Hall–Kier alpha value is -1.04. The van der Waals surface area contributed by atoms with Crippen molar-refractivity contribution in [2.24, 2.45) is 5.41 Å². The molecule has 1 fully saturated rings. The van der Waals surface area contributed by atoms with Crippen LogP contribution >= 0.6 is 12.4 Å². The number of nitrogens with zero attached hydrogens (tertiary/aromatic N) is 1. The highest BCUT2D eigenvalue weighted by Crippen LogP contribution is 2.42. The molecule has 1 N–H and O–H groups in total. The van der Waals surface area contributed by atoms with Crippen molar-refractivity contribution in [1.29, 1.82) is 0 Å². The first-order valence-corrected chi connectivity index (χ1v) is 7.74. The molecule has 0 aliphatic carbocycles. The van der Waals surface area contributed by atoms with Crippen molar-refractivity contribution in [3.05, 3.63) is 23.5 Å². The van der Waals surface area contributed by atoms with Gasteiger partial charge in [-0.3, -0.25) is 4.90 Å². The third-order valence-corrected chi connectivity index (χ3v) is 4.13. The fraction of sp³-hybridized carbons (Fsp3) is 0.647. The van der Waals surface area contributed by atoms with E-state index in [1.165, 1.54) is 13.2 Å². The first-order chi connectivity index (χ1) is 10.4. The lowest BCUT2D eigenvalue weighted by Crippen LogP contribution is -2.48. The zero-order chi connectivity index (χ0) is 16.3. The summed E-state index contributed by atoms with van der Waals surface area (Å²) in [6, 6.07) is 3.20. The molecule has 132 valence electrons. The molecule has 1 atom stereocenters. The summed E-state index contributed by atoms with van der Waals surface area (Å²) in [7, 11) is 3.10. The van der Waals surface area contributed by atoms with Crippen molar-refractivity contribution in [2.45, 2.75) is 26.8 Å². The molecule has 1 aliphatic heterocycles. The maximum atomic E-state index is 14.7. The SMILES string of the molecule is COc1cc(F)c([C@@H](N2CCNCC2)C(C)(C)C)cc1OC.Cl. The Kier molecular flexibility index (Phi) is 7.11. The van der Waals surface area contributed by atoms with Gasteiger partial charge >= 0.3 is 0 Å². The van der Waals surface area contributed by atoms with Crippen LogP contribution in [0, 0.1) is 11.2 Å². The lowest BCUT2D eigenvalue weighted by molar-refractivity contribution is 0.0831. The minimum absolute atomic E-state index is 0. The lowest BCUT2D eigenvalue weighted by Gasteiger charge is -2.42. The molecule has 1 aromatic carbocycles. The summed E-state index contributed by atoms with van der Waals surface area (Å²) >= 11 is 0. The van der Waals surface area contributed by atoms with E-state index in [9.17, 15) is 4.39 Å². The Morgan fingerprint density at radius 2 is 1.61 bits per heavy atom. The highest BCUT2D eigenvalue weighted by molar-refractivity contribution is 5.85. The molecular formula is C17H28ClFN2O2. The molecule has 23 heavy (non-hydrogen) atoms. The van der Waals surface area contributed by atoms with E-state index in [0.717, 1.165) is 26.2 Å². The number of piperazine rings is 1. The van der Waals surface area contributed by atoms with Crippen LogP contribution < -0.4 is 14.8 Å². The van der Waals surface area contributed by atoms with Crippen LogP contribution in [0.2, 0.25) is 0 Å². The molecule has 6 heteroatoms. The van der Waals surface area contributed by atoms with E-state index in [4.69, 9.17) is 9.47 Å². The molecule has 0 amide bonds. The molecule has 0 spiro atoms. The molecular weight excluding hydrogens is 319 g/mol. The Morgan fingerprint density at radius 3 is 2.09 bits per heavy atom. The van der Waals surface area contributed by atoms with Crippen LogP contribution in [-0.2, 0) is 0 Å². The third kappa shape index (κ3) is 4.49. The summed E-state index contributed by atoms with van der Waals surface area (Å²) in [6.45, 7) is 10.1. The van der Waals surface area contributed by atoms with Gasteiger partial charge in [0.15, 0.2) is 11.5 Å². The van der Waals surface area contributed by atoms with Crippen molar-refractivity contribution in [3.8, 4) is 11.5 Å². The smallest absolute Gasteiger partial charge is 0.163 e. The van der Waals surface area contributed by atoms with Gasteiger partial charge in [0.2, 0.25) is 0 Å². The van der Waals surface area contributed by atoms with Crippen molar-refractivity contribution in [3.63, 3.8) is 0 Å². The van der Waals surface area contributed by atoms with E-state index < -0.39 is 0 Å². The van der Waals surface area contributed by atoms with Gasteiger partial charge in [0.25, 0.3) is 0 Å². The number of halogens is 2. The second-order valence-corrected chi connectivity index (χ2v) is 6.78. The van der Waals surface area contributed by atoms with E-state index in [2.05, 4.69) is 31.0 Å². The van der Waals surface area contributed by atoms with Gasteiger partial charge in [-0.1, -0.05) is 20.8 Å². The molecule has 0 bridgehead atoms. The molecule has 4 nitrogen and oxygen atoms in total. The molecule has 0 saturated carbocycles. The first-order valence-electron chi connectivity index (χ1n) is 7.74. The molecule has 0 radical (unpaired) electrons. The minimum Gasteiger partial charge on any atom is -0.493 e. The Morgan fingerprint density at radius 1 is 1.09 bits per heavy atom. The molecule has 0 unspecified atom stereocenters. The largest absolute Gasteiger partial charge is 0.493 e. The van der Waals surface area contributed by atoms with Gasteiger partial charge in [-0.25, -0.2) is 4.39 Å². The Bertz CT molecular complexity index is 514. The normalized spacial score (nSPS) is 17.3. The van der Waals surface area contributed by atoms with Crippen LogP contribution in [0.5, 0.6) is 11.5 Å². The van der Waals surface area contributed by atoms with Crippen molar-refractivity contribution >= 4 is 12.4 Å². The second-order valence-electron chi connectivity index (χ2n) is 6.78. The molecule has 1 saturated heterocycles. The van der Waals surface area contributed by atoms with E-state index in [1.54, 1.807) is 13.2 Å². The van der Waals surface area contributed by atoms with Gasteiger partial charge in [-0.2, -0.15) is 0 Å². The van der Waals surface area contributed by atoms with Crippen LogP contribution in [0.3, 0.4) is 0 Å². The number of methoxy groups -OCH3 is 2. The number of ether oxygens (including phenoxy) is 2. The van der Waals surface area contributed by atoms with Gasteiger partial charge in [0.05, 0.1) is 14.2 Å². The summed E-state index contributed by atoms with van der Waals surface area (Å²) in [5.41, 5.74) is 0.588. The summed E-state index contributed by atoms with van der Waals surface area (Å²) in [6.07, 6.45) is 0. The molecule has 0 aromatic heterocycles. The summed E-state index contributed by atoms with van der Waals surface area (Å²) in [5.74, 6) is 0.760. The van der Waals surface area contributed by atoms with Gasteiger partial charge in [-0.05, 0) is 11.5 Å². The third-order valence-electron chi connectivity index (χ3n) is 4.13. The zero-order valence-electron chi connectivity index (χ0n) is 14.6. The highest BCUT2D eigenvalue weighted by Gasteiger charge is 2.35.